The number of rotatable bonds is 16. The zero-order chi connectivity index (χ0) is 16.3. The van der Waals surface area contributed by atoms with Crippen LogP contribution < -0.4 is 0 Å². The smallest absolute Gasteiger partial charge is 0.257 e. The molecule has 126 valence electrons. The lowest BCUT2D eigenvalue weighted by atomic mass is 10.1. The molecule has 0 amide bonds. The van der Waals surface area contributed by atoms with Crippen LogP contribution in [0.2, 0.25) is 0 Å². The Morgan fingerprint density at radius 1 is 0.773 bits per heavy atom. The van der Waals surface area contributed by atoms with Gasteiger partial charge in [-0.05, 0) is 45.4 Å². The van der Waals surface area contributed by atoms with Crippen LogP contribution in [-0.2, 0) is 4.79 Å². The Morgan fingerprint density at radius 3 is 1.73 bits per heavy atom. The maximum Gasteiger partial charge on any atom is 0.257 e. The van der Waals surface area contributed by atoms with Gasteiger partial charge in [0.25, 0.3) is 6.21 Å². The van der Waals surface area contributed by atoms with Crippen LogP contribution in [0.15, 0.2) is 12.2 Å². The molecule has 0 aliphatic heterocycles. The van der Waals surface area contributed by atoms with E-state index >= 15 is 0 Å². The van der Waals surface area contributed by atoms with Crippen molar-refractivity contribution >= 4 is 12.0 Å². The van der Waals surface area contributed by atoms with E-state index < -0.39 is 0 Å². The predicted molar refractivity (Wildman–Crippen MR) is 94.1 cm³/mol. The van der Waals surface area contributed by atoms with Crippen molar-refractivity contribution < 1.29 is 9.58 Å². The summed E-state index contributed by atoms with van der Waals surface area (Å²) < 4.78 is 0. The quantitative estimate of drug-likeness (QED) is 0.115. The predicted octanol–water partition coefficient (Wildman–Crippen LogP) is 5.89. The molecule has 0 aliphatic carbocycles. The molecule has 0 atom stereocenters. The number of hydrogen-bond acceptors (Lipinski definition) is 1. The standard InChI is InChI=1S/C19H34N2O/c1-19(22)17-15-13-11-9-7-5-3-2-4-6-8-10-12-14-16-18-21-20/h2-3,18H,4-17H2,1H3/b3-2-. The van der Waals surface area contributed by atoms with E-state index in [0.717, 1.165) is 25.7 Å². The zero-order valence-electron chi connectivity index (χ0n) is 14.4. The van der Waals surface area contributed by atoms with Crippen molar-refractivity contribution in [3.05, 3.63) is 17.7 Å². The first-order chi connectivity index (χ1) is 10.8. The molecule has 0 saturated heterocycles. The number of unbranched alkanes of at least 4 members (excludes halogenated alkanes) is 11. The Balaban J connectivity index is 3.11. The van der Waals surface area contributed by atoms with E-state index in [4.69, 9.17) is 5.53 Å². The largest absolute Gasteiger partial charge is 0.362 e. The SMILES string of the molecule is CC(=O)CCCCCCC/C=C\CCCCCCCC=[N+]=[N-]. The van der Waals surface area contributed by atoms with Crippen molar-refractivity contribution in [2.45, 2.75) is 96.8 Å². The van der Waals surface area contributed by atoms with Crippen molar-refractivity contribution in [1.29, 1.82) is 0 Å². The summed E-state index contributed by atoms with van der Waals surface area (Å²) in [7, 11) is 0. The maximum atomic E-state index is 10.8. The summed E-state index contributed by atoms with van der Waals surface area (Å²) in [6.07, 6.45) is 22.6. The average Bonchev–Trinajstić information content (AvgIpc) is 2.50. The average molecular weight is 306 g/mol. The van der Waals surface area contributed by atoms with Crippen LogP contribution in [0.1, 0.15) is 96.8 Å². The molecule has 0 fully saturated rings. The molecular formula is C19H34N2O. The number of ketones is 1. The minimum Gasteiger partial charge on any atom is -0.362 e. The molecule has 0 bridgehead atoms. The van der Waals surface area contributed by atoms with E-state index in [2.05, 4.69) is 16.9 Å². The van der Waals surface area contributed by atoms with Gasteiger partial charge >= 0.3 is 0 Å². The van der Waals surface area contributed by atoms with Gasteiger partial charge in [-0.3, -0.25) is 0 Å². The number of allylic oxidation sites excluding steroid dienone is 2. The van der Waals surface area contributed by atoms with E-state index in [1.807, 2.05) is 0 Å². The number of hydrogen-bond donors (Lipinski definition) is 0. The number of nitrogens with zero attached hydrogens (tertiary/aromatic N) is 2. The highest BCUT2D eigenvalue weighted by molar-refractivity contribution is 5.75. The van der Waals surface area contributed by atoms with Gasteiger partial charge in [0, 0.05) is 12.8 Å². The number of Topliss-reactive ketones (excluding diaryl/α,β-unsaturated/α-hetero) is 1. The van der Waals surface area contributed by atoms with Gasteiger partial charge in [0.05, 0.1) is 0 Å². The normalized spacial score (nSPS) is 10.8. The molecule has 0 spiro atoms. The summed E-state index contributed by atoms with van der Waals surface area (Å²) in [6, 6.07) is 0. The van der Waals surface area contributed by atoms with E-state index in [1.54, 1.807) is 13.1 Å². The third kappa shape index (κ3) is 18.8. The van der Waals surface area contributed by atoms with Crippen LogP contribution in [0.4, 0.5) is 0 Å². The Morgan fingerprint density at radius 2 is 1.23 bits per heavy atom. The van der Waals surface area contributed by atoms with Crippen LogP contribution in [0.3, 0.4) is 0 Å². The molecule has 22 heavy (non-hydrogen) atoms. The van der Waals surface area contributed by atoms with Gasteiger partial charge in [-0.15, -0.1) is 0 Å². The van der Waals surface area contributed by atoms with Crippen LogP contribution in [-0.4, -0.2) is 16.8 Å². The summed E-state index contributed by atoms with van der Waals surface area (Å²) in [6.45, 7) is 1.68. The van der Waals surface area contributed by atoms with Gasteiger partial charge in [-0.1, -0.05) is 50.7 Å². The molecule has 0 rings (SSSR count). The van der Waals surface area contributed by atoms with Gasteiger partial charge in [-0.25, -0.2) is 0 Å². The lowest BCUT2D eigenvalue weighted by Gasteiger charge is -1.99. The lowest BCUT2D eigenvalue weighted by Crippen LogP contribution is -1.89. The summed E-state index contributed by atoms with van der Waals surface area (Å²) in [5.41, 5.74) is 8.25. The Kier molecular flexibility index (Phi) is 16.9. The van der Waals surface area contributed by atoms with Crippen LogP contribution in [0.5, 0.6) is 0 Å². The third-order valence-corrected chi connectivity index (χ3v) is 3.85. The number of carbonyl (C=O) groups is 1. The van der Waals surface area contributed by atoms with Crippen molar-refractivity contribution in [3.63, 3.8) is 0 Å². The fourth-order valence-corrected chi connectivity index (χ4v) is 2.49. The zero-order valence-corrected chi connectivity index (χ0v) is 14.4. The molecular weight excluding hydrogens is 272 g/mol. The number of carbonyl (C=O) groups excluding carboxylic acids is 1. The van der Waals surface area contributed by atoms with Crippen molar-refractivity contribution in [2.24, 2.45) is 0 Å². The monoisotopic (exact) mass is 306 g/mol. The minimum absolute atomic E-state index is 0.321. The molecule has 0 aromatic heterocycles. The molecule has 0 aromatic rings. The first kappa shape index (κ1) is 20.8. The van der Waals surface area contributed by atoms with Crippen molar-refractivity contribution in [1.82, 2.24) is 0 Å². The molecule has 0 aromatic carbocycles. The Labute approximate surface area is 136 Å². The van der Waals surface area contributed by atoms with Crippen LogP contribution in [0, 0.1) is 0 Å². The van der Waals surface area contributed by atoms with E-state index in [1.165, 1.54) is 64.2 Å². The highest BCUT2D eigenvalue weighted by Crippen LogP contribution is 2.09. The second-order valence-corrected chi connectivity index (χ2v) is 6.12. The summed E-state index contributed by atoms with van der Waals surface area (Å²) >= 11 is 0. The van der Waals surface area contributed by atoms with Crippen LogP contribution in [0.25, 0.3) is 5.53 Å². The Bertz CT molecular complexity index is 312. The third-order valence-electron chi connectivity index (χ3n) is 3.85. The summed E-state index contributed by atoms with van der Waals surface area (Å²) in [5, 5.41) is 0. The van der Waals surface area contributed by atoms with Crippen LogP contribution >= 0.6 is 0 Å². The topological polar surface area (TPSA) is 53.5 Å². The molecule has 0 aliphatic rings. The van der Waals surface area contributed by atoms with E-state index in [9.17, 15) is 4.79 Å². The highest BCUT2D eigenvalue weighted by atomic mass is 16.1. The van der Waals surface area contributed by atoms with Gasteiger partial charge in [0.1, 0.15) is 5.78 Å². The van der Waals surface area contributed by atoms with E-state index in [0.29, 0.717) is 5.78 Å². The van der Waals surface area contributed by atoms with Gasteiger partial charge in [-0.2, -0.15) is 4.79 Å². The molecule has 3 nitrogen and oxygen atoms in total. The molecule has 0 saturated carbocycles. The molecule has 0 N–H and O–H groups in total. The highest BCUT2D eigenvalue weighted by Gasteiger charge is 1.94. The van der Waals surface area contributed by atoms with Gasteiger partial charge in [0.15, 0.2) is 0 Å². The first-order valence-electron chi connectivity index (χ1n) is 9.07. The van der Waals surface area contributed by atoms with Crippen molar-refractivity contribution in [3.8, 4) is 0 Å². The second kappa shape index (κ2) is 17.8. The van der Waals surface area contributed by atoms with Crippen molar-refractivity contribution in [2.75, 3.05) is 0 Å². The first-order valence-corrected chi connectivity index (χ1v) is 9.07. The van der Waals surface area contributed by atoms with E-state index in [-0.39, 0.29) is 0 Å². The molecule has 3 heteroatoms. The maximum absolute atomic E-state index is 10.8. The summed E-state index contributed by atoms with van der Waals surface area (Å²) in [5.74, 6) is 0.321. The fraction of sp³-hybridized carbons (Fsp3) is 0.789. The fourth-order valence-electron chi connectivity index (χ4n) is 2.49. The second-order valence-electron chi connectivity index (χ2n) is 6.12. The van der Waals surface area contributed by atoms with Gasteiger partial charge in [0.2, 0.25) is 0 Å². The Hall–Kier alpha value is -1.21. The molecule has 0 unspecified atom stereocenters. The lowest BCUT2D eigenvalue weighted by molar-refractivity contribution is -0.117. The molecule has 0 radical (unpaired) electrons. The molecule has 0 heterocycles. The minimum atomic E-state index is 0.321. The van der Waals surface area contributed by atoms with Gasteiger partial charge < -0.3 is 10.3 Å². The summed E-state index contributed by atoms with van der Waals surface area (Å²) in [4.78, 5) is 13.8.